The molecule has 1 aliphatic heterocycles. The molecule has 9 heteroatoms. The Morgan fingerprint density at radius 2 is 1.89 bits per heavy atom. The minimum Gasteiger partial charge on any atom is -0.378 e. The molecular formula is C19H17F3N4O2. The third-order valence-corrected chi connectivity index (χ3v) is 4.67. The fourth-order valence-corrected chi connectivity index (χ4v) is 3.16. The van der Waals surface area contributed by atoms with E-state index >= 15 is 0 Å². The fourth-order valence-electron chi connectivity index (χ4n) is 3.16. The first-order valence-electron chi connectivity index (χ1n) is 8.76. The van der Waals surface area contributed by atoms with Crippen LogP contribution in [-0.2, 0) is 22.3 Å². The van der Waals surface area contributed by atoms with Crippen molar-refractivity contribution in [2.75, 3.05) is 26.3 Å². The van der Waals surface area contributed by atoms with Crippen molar-refractivity contribution in [3.05, 3.63) is 48.3 Å². The van der Waals surface area contributed by atoms with Gasteiger partial charge in [0.25, 0.3) is 0 Å². The number of rotatable bonds is 3. The standard InChI is InChI=1S/C19H17F3N4O2/c20-19(21,22)15-3-1-2-13(8-15)14-9-17-16(23-10-14)11-24-26(17)12-18(27)25-4-6-28-7-5-25/h1-3,8-11H,4-7,12H2. The van der Waals surface area contributed by atoms with Crippen LogP contribution in [0.4, 0.5) is 13.2 Å². The van der Waals surface area contributed by atoms with Gasteiger partial charge in [-0.1, -0.05) is 12.1 Å². The van der Waals surface area contributed by atoms with Crippen molar-refractivity contribution >= 4 is 16.9 Å². The van der Waals surface area contributed by atoms with E-state index in [1.807, 2.05) is 0 Å². The van der Waals surface area contributed by atoms with Gasteiger partial charge in [0, 0.05) is 24.8 Å². The maximum absolute atomic E-state index is 13.0. The number of carbonyl (C=O) groups is 1. The lowest BCUT2D eigenvalue weighted by Gasteiger charge is -2.26. The van der Waals surface area contributed by atoms with Crippen molar-refractivity contribution < 1.29 is 22.7 Å². The van der Waals surface area contributed by atoms with Crippen LogP contribution < -0.4 is 0 Å². The van der Waals surface area contributed by atoms with Crippen molar-refractivity contribution in [3.63, 3.8) is 0 Å². The van der Waals surface area contributed by atoms with E-state index < -0.39 is 11.7 Å². The molecule has 146 valence electrons. The number of halogens is 3. The lowest BCUT2D eigenvalue weighted by molar-refractivity contribution is -0.137. The SMILES string of the molecule is O=C(Cn1ncc2ncc(-c3cccc(C(F)(F)F)c3)cc21)N1CCOCC1. The van der Waals surface area contributed by atoms with Gasteiger partial charge in [0.15, 0.2) is 0 Å². The number of ether oxygens (including phenoxy) is 1. The first kappa shape index (κ1) is 18.4. The second kappa shape index (κ2) is 7.23. The molecule has 1 aromatic carbocycles. The average Bonchev–Trinajstić information content (AvgIpc) is 3.10. The van der Waals surface area contributed by atoms with Crippen LogP contribution in [0.2, 0.25) is 0 Å². The Bertz CT molecular complexity index is 1010. The minimum atomic E-state index is -4.42. The number of morpholine rings is 1. The zero-order valence-electron chi connectivity index (χ0n) is 14.8. The summed E-state index contributed by atoms with van der Waals surface area (Å²) in [4.78, 5) is 18.5. The zero-order valence-corrected chi connectivity index (χ0v) is 14.8. The van der Waals surface area contributed by atoms with E-state index in [1.54, 1.807) is 17.0 Å². The second-order valence-electron chi connectivity index (χ2n) is 6.50. The van der Waals surface area contributed by atoms with Crippen molar-refractivity contribution in [1.82, 2.24) is 19.7 Å². The molecule has 1 saturated heterocycles. The van der Waals surface area contributed by atoms with Crippen molar-refractivity contribution in [2.45, 2.75) is 12.7 Å². The summed E-state index contributed by atoms with van der Waals surface area (Å²) in [7, 11) is 0. The number of fused-ring (bicyclic) bond motifs is 1. The number of amides is 1. The predicted molar refractivity (Wildman–Crippen MR) is 95.4 cm³/mol. The molecule has 0 unspecified atom stereocenters. The molecule has 0 bridgehead atoms. The summed E-state index contributed by atoms with van der Waals surface area (Å²) in [6.07, 6.45) is -1.37. The molecule has 3 heterocycles. The Morgan fingerprint density at radius 3 is 2.64 bits per heavy atom. The molecule has 0 radical (unpaired) electrons. The molecule has 1 amide bonds. The molecule has 0 N–H and O–H groups in total. The number of hydrogen-bond donors (Lipinski definition) is 0. The highest BCUT2D eigenvalue weighted by molar-refractivity contribution is 5.83. The lowest BCUT2D eigenvalue weighted by atomic mass is 10.0. The van der Waals surface area contributed by atoms with E-state index in [0.717, 1.165) is 12.1 Å². The van der Waals surface area contributed by atoms with E-state index in [4.69, 9.17) is 4.74 Å². The van der Waals surface area contributed by atoms with Crippen LogP contribution >= 0.6 is 0 Å². The molecular weight excluding hydrogens is 373 g/mol. The van der Waals surface area contributed by atoms with Crippen LogP contribution in [0.1, 0.15) is 5.56 Å². The summed E-state index contributed by atoms with van der Waals surface area (Å²) in [6, 6.07) is 6.78. The normalized spacial score (nSPS) is 15.2. The number of pyridine rings is 1. The first-order chi connectivity index (χ1) is 13.4. The third kappa shape index (κ3) is 3.70. The van der Waals surface area contributed by atoms with Gasteiger partial charge in [0.05, 0.1) is 30.5 Å². The largest absolute Gasteiger partial charge is 0.416 e. The number of hydrogen-bond acceptors (Lipinski definition) is 4. The van der Waals surface area contributed by atoms with E-state index in [1.165, 1.54) is 23.1 Å². The molecule has 6 nitrogen and oxygen atoms in total. The summed E-state index contributed by atoms with van der Waals surface area (Å²) in [5.41, 5.74) is 1.37. The van der Waals surface area contributed by atoms with Crippen LogP contribution in [0, 0.1) is 0 Å². The Kier molecular flexibility index (Phi) is 4.76. The Balaban J connectivity index is 1.64. The third-order valence-electron chi connectivity index (χ3n) is 4.67. The Hall–Kier alpha value is -2.94. The van der Waals surface area contributed by atoms with Gasteiger partial charge in [0.1, 0.15) is 12.1 Å². The summed E-state index contributed by atoms with van der Waals surface area (Å²) in [5, 5.41) is 4.22. The number of aromatic nitrogens is 3. The Labute approximate surface area is 158 Å². The second-order valence-corrected chi connectivity index (χ2v) is 6.50. The molecule has 0 aliphatic carbocycles. The quantitative estimate of drug-likeness (QED) is 0.690. The topological polar surface area (TPSA) is 60.2 Å². The highest BCUT2D eigenvalue weighted by Crippen LogP contribution is 2.32. The van der Waals surface area contributed by atoms with Crippen LogP contribution in [0.15, 0.2) is 42.7 Å². The number of alkyl halides is 3. The predicted octanol–water partition coefficient (Wildman–Crippen LogP) is 2.98. The molecule has 28 heavy (non-hydrogen) atoms. The summed E-state index contributed by atoms with van der Waals surface area (Å²) < 4.78 is 45.7. The average molecular weight is 390 g/mol. The zero-order chi connectivity index (χ0) is 19.7. The van der Waals surface area contributed by atoms with Crippen LogP contribution in [0.3, 0.4) is 0 Å². The maximum atomic E-state index is 13.0. The van der Waals surface area contributed by atoms with Gasteiger partial charge >= 0.3 is 6.18 Å². The minimum absolute atomic E-state index is 0.0389. The van der Waals surface area contributed by atoms with Gasteiger partial charge in [-0.3, -0.25) is 14.5 Å². The van der Waals surface area contributed by atoms with Gasteiger partial charge in [-0.05, 0) is 23.8 Å². The molecule has 0 spiro atoms. The molecule has 2 aromatic heterocycles. The van der Waals surface area contributed by atoms with Crippen LogP contribution in [0.25, 0.3) is 22.2 Å². The highest BCUT2D eigenvalue weighted by Gasteiger charge is 2.30. The van der Waals surface area contributed by atoms with Crippen LogP contribution in [0.5, 0.6) is 0 Å². The molecule has 1 fully saturated rings. The fraction of sp³-hybridized carbons (Fsp3) is 0.316. The van der Waals surface area contributed by atoms with E-state index in [-0.39, 0.29) is 12.5 Å². The molecule has 3 aromatic rings. The smallest absolute Gasteiger partial charge is 0.378 e. The number of nitrogens with zero attached hydrogens (tertiary/aromatic N) is 4. The van der Waals surface area contributed by atoms with Gasteiger partial charge in [-0.25, -0.2) is 0 Å². The first-order valence-corrected chi connectivity index (χ1v) is 8.76. The molecule has 0 saturated carbocycles. The van der Waals surface area contributed by atoms with E-state index in [0.29, 0.717) is 48.5 Å². The molecule has 1 aliphatic rings. The van der Waals surface area contributed by atoms with Crippen molar-refractivity contribution in [3.8, 4) is 11.1 Å². The summed E-state index contributed by atoms with van der Waals surface area (Å²) >= 11 is 0. The van der Waals surface area contributed by atoms with Crippen LogP contribution in [-0.4, -0.2) is 51.9 Å². The molecule has 0 atom stereocenters. The summed E-state index contributed by atoms with van der Waals surface area (Å²) in [5.74, 6) is -0.0854. The summed E-state index contributed by atoms with van der Waals surface area (Å²) in [6.45, 7) is 2.12. The van der Waals surface area contributed by atoms with Gasteiger partial charge in [0.2, 0.25) is 5.91 Å². The molecule has 4 rings (SSSR count). The van der Waals surface area contributed by atoms with Gasteiger partial charge in [-0.15, -0.1) is 0 Å². The highest BCUT2D eigenvalue weighted by atomic mass is 19.4. The van der Waals surface area contributed by atoms with E-state index in [2.05, 4.69) is 10.1 Å². The lowest BCUT2D eigenvalue weighted by Crippen LogP contribution is -2.42. The van der Waals surface area contributed by atoms with Gasteiger partial charge in [-0.2, -0.15) is 18.3 Å². The number of carbonyl (C=O) groups excluding carboxylic acids is 1. The maximum Gasteiger partial charge on any atom is 0.416 e. The van der Waals surface area contributed by atoms with Gasteiger partial charge < -0.3 is 9.64 Å². The Morgan fingerprint density at radius 1 is 1.11 bits per heavy atom. The van der Waals surface area contributed by atoms with Crippen molar-refractivity contribution in [2.24, 2.45) is 0 Å². The van der Waals surface area contributed by atoms with Crippen molar-refractivity contribution in [1.29, 1.82) is 0 Å². The number of benzene rings is 1. The van der Waals surface area contributed by atoms with E-state index in [9.17, 15) is 18.0 Å². The monoisotopic (exact) mass is 390 g/mol.